The van der Waals surface area contributed by atoms with Gasteiger partial charge >= 0.3 is 0 Å². The summed E-state index contributed by atoms with van der Waals surface area (Å²) in [5, 5.41) is 3.36. The van der Waals surface area contributed by atoms with Crippen LogP contribution >= 0.6 is 11.8 Å². The lowest BCUT2D eigenvalue weighted by atomic mass is 10.2. The van der Waals surface area contributed by atoms with Crippen molar-refractivity contribution in [1.29, 1.82) is 0 Å². The summed E-state index contributed by atoms with van der Waals surface area (Å²) in [7, 11) is 1.72. The van der Waals surface area contributed by atoms with E-state index in [0.29, 0.717) is 0 Å². The van der Waals surface area contributed by atoms with Gasteiger partial charge in [-0.3, -0.25) is 4.98 Å². The van der Waals surface area contributed by atoms with Gasteiger partial charge in [0.25, 0.3) is 0 Å². The summed E-state index contributed by atoms with van der Waals surface area (Å²) in [4.78, 5) is 5.82. The average molecular weight is 302 g/mol. The Morgan fingerprint density at radius 2 is 2.05 bits per heavy atom. The van der Waals surface area contributed by atoms with Crippen LogP contribution in [0.15, 0.2) is 47.4 Å². The van der Waals surface area contributed by atoms with Crippen molar-refractivity contribution < 1.29 is 4.74 Å². The number of hydrogen-bond donors (Lipinski definition) is 1. The van der Waals surface area contributed by atoms with E-state index in [1.54, 1.807) is 7.11 Å². The van der Waals surface area contributed by atoms with E-state index in [0.717, 1.165) is 36.8 Å². The fourth-order valence-electron chi connectivity index (χ4n) is 1.99. The summed E-state index contributed by atoms with van der Waals surface area (Å²) in [5.41, 5.74) is 3.50. The monoisotopic (exact) mass is 302 g/mol. The van der Waals surface area contributed by atoms with Gasteiger partial charge in [-0.05, 0) is 36.8 Å². The Labute approximate surface area is 131 Å². The van der Waals surface area contributed by atoms with E-state index in [1.807, 2.05) is 24.8 Å². The number of hydrogen-bond acceptors (Lipinski definition) is 4. The third-order valence-corrected chi connectivity index (χ3v) is 4.07. The zero-order valence-corrected chi connectivity index (χ0v) is 13.5. The number of methoxy groups -OCH3 is 1. The first-order chi connectivity index (χ1) is 10.3. The summed E-state index contributed by atoms with van der Waals surface area (Å²) in [6.07, 6.45) is 0. The molecule has 0 radical (unpaired) electrons. The first-order valence-electron chi connectivity index (χ1n) is 7.12. The highest BCUT2D eigenvalue weighted by molar-refractivity contribution is 7.98. The first-order valence-corrected chi connectivity index (χ1v) is 8.10. The third-order valence-electron chi connectivity index (χ3n) is 3.04. The topological polar surface area (TPSA) is 34.1 Å². The Morgan fingerprint density at radius 3 is 2.86 bits per heavy atom. The number of aryl methyl sites for hydroxylation is 1. The molecular weight excluding hydrogens is 280 g/mol. The average Bonchev–Trinajstić information content (AvgIpc) is 2.50. The molecule has 1 aromatic heterocycles. The second-order valence-corrected chi connectivity index (χ2v) is 5.92. The number of rotatable bonds is 8. The van der Waals surface area contributed by atoms with Gasteiger partial charge in [-0.25, -0.2) is 0 Å². The molecule has 112 valence electrons. The van der Waals surface area contributed by atoms with E-state index in [1.165, 1.54) is 10.5 Å². The maximum atomic E-state index is 5.03. The van der Waals surface area contributed by atoms with Crippen LogP contribution in [0.25, 0.3) is 0 Å². The van der Waals surface area contributed by atoms with Crippen LogP contribution in [-0.2, 0) is 17.0 Å². The van der Waals surface area contributed by atoms with Gasteiger partial charge in [0.2, 0.25) is 0 Å². The van der Waals surface area contributed by atoms with Crippen LogP contribution in [-0.4, -0.2) is 25.2 Å². The second kappa shape index (κ2) is 8.82. The predicted molar refractivity (Wildman–Crippen MR) is 88.6 cm³/mol. The molecule has 0 spiro atoms. The predicted octanol–water partition coefficient (Wildman–Crippen LogP) is 3.42. The highest BCUT2D eigenvalue weighted by Crippen LogP contribution is 2.23. The third kappa shape index (κ3) is 5.87. The summed E-state index contributed by atoms with van der Waals surface area (Å²) < 4.78 is 5.03. The van der Waals surface area contributed by atoms with Crippen molar-refractivity contribution in [2.24, 2.45) is 0 Å². The van der Waals surface area contributed by atoms with Crippen LogP contribution in [0.3, 0.4) is 0 Å². The normalized spacial score (nSPS) is 10.8. The molecule has 0 aliphatic carbocycles. The molecule has 0 bridgehead atoms. The molecule has 1 aromatic carbocycles. The summed E-state index contributed by atoms with van der Waals surface area (Å²) >= 11 is 1.83. The lowest BCUT2D eigenvalue weighted by Gasteiger charge is -2.07. The van der Waals surface area contributed by atoms with Gasteiger partial charge < -0.3 is 10.1 Å². The summed E-state index contributed by atoms with van der Waals surface area (Å²) in [6.45, 7) is 4.52. The smallest absolute Gasteiger partial charge is 0.0587 e. The number of ether oxygens (including phenoxy) is 1. The largest absolute Gasteiger partial charge is 0.383 e. The van der Waals surface area contributed by atoms with Gasteiger partial charge in [-0.2, -0.15) is 0 Å². The molecule has 0 saturated heterocycles. The van der Waals surface area contributed by atoms with Crippen molar-refractivity contribution in [3.05, 3.63) is 59.4 Å². The summed E-state index contributed by atoms with van der Waals surface area (Å²) in [5.74, 6) is 0.905. The van der Waals surface area contributed by atoms with Gasteiger partial charge in [0.05, 0.1) is 12.3 Å². The van der Waals surface area contributed by atoms with E-state index in [4.69, 9.17) is 4.74 Å². The van der Waals surface area contributed by atoms with Crippen LogP contribution in [0, 0.1) is 6.92 Å². The van der Waals surface area contributed by atoms with Crippen LogP contribution in [0.2, 0.25) is 0 Å². The standard InChI is InChI=1S/C17H22N2OS/c1-14-5-3-7-16(19-14)13-21-17-8-4-6-15(11-17)12-18-9-10-20-2/h3-8,11,18H,9-10,12-13H2,1-2H3. The molecule has 0 amide bonds. The lowest BCUT2D eigenvalue weighted by molar-refractivity contribution is 0.199. The molecule has 0 aliphatic heterocycles. The molecule has 0 aliphatic rings. The highest BCUT2D eigenvalue weighted by atomic mass is 32.2. The van der Waals surface area contributed by atoms with E-state index in [-0.39, 0.29) is 0 Å². The quantitative estimate of drug-likeness (QED) is 0.598. The molecule has 1 heterocycles. The number of thioether (sulfide) groups is 1. The van der Waals surface area contributed by atoms with Crippen molar-refractivity contribution in [1.82, 2.24) is 10.3 Å². The minimum absolute atomic E-state index is 0.744. The van der Waals surface area contributed by atoms with Crippen molar-refractivity contribution >= 4 is 11.8 Å². The minimum Gasteiger partial charge on any atom is -0.383 e. The number of nitrogens with one attached hydrogen (secondary N) is 1. The first kappa shape index (κ1) is 16.0. The number of nitrogens with zero attached hydrogens (tertiary/aromatic N) is 1. The van der Waals surface area contributed by atoms with E-state index in [9.17, 15) is 0 Å². The van der Waals surface area contributed by atoms with Crippen molar-refractivity contribution in [3.8, 4) is 0 Å². The van der Waals surface area contributed by atoms with E-state index < -0.39 is 0 Å². The zero-order valence-electron chi connectivity index (χ0n) is 12.6. The Morgan fingerprint density at radius 1 is 1.19 bits per heavy atom. The van der Waals surface area contributed by atoms with Gasteiger partial charge in [-0.1, -0.05) is 18.2 Å². The molecule has 0 unspecified atom stereocenters. The fraction of sp³-hybridized carbons (Fsp3) is 0.353. The van der Waals surface area contributed by atoms with Crippen LogP contribution in [0.4, 0.5) is 0 Å². The SMILES string of the molecule is COCCNCc1cccc(SCc2cccc(C)n2)c1. The van der Waals surface area contributed by atoms with Crippen LogP contribution in [0.1, 0.15) is 17.0 Å². The Kier molecular flexibility index (Phi) is 6.73. The van der Waals surface area contributed by atoms with Gasteiger partial charge in [-0.15, -0.1) is 11.8 Å². The highest BCUT2D eigenvalue weighted by Gasteiger charge is 2.00. The molecule has 4 heteroatoms. The van der Waals surface area contributed by atoms with Crippen LogP contribution in [0.5, 0.6) is 0 Å². The van der Waals surface area contributed by atoms with Gasteiger partial charge in [0.1, 0.15) is 0 Å². The molecule has 2 rings (SSSR count). The maximum Gasteiger partial charge on any atom is 0.0587 e. The second-order valence-electron chi connectivity index (χ2n) is 4.88. The molecule has 1 N–H and O–H groups in total. The van der Waals surface area contributed by atoms with Crippen LogP contribution < -0.4 is 5.32 Å². The molecule has 0 atom stereocenters. The Balaban J connectivity index is 1.86. The maximum absolute atomic E-state index is 5.03. The molecule has 2 aromatic rings. The fourth-order valence-corrected chi connectivity index (χ4v) is 2.87. The number of pyridine rings is 1. The van der Waals surface area contributed by atoms with Gasteiger partial charge in [0.15, 0.2) is 0 Å². The molecule has 0 fully saturated rings. The van der Waals surface area contributed by atoms with Crippen molar-refractivity contribution in [2.45, 2.75) is 24.1 Å². The summed E-state index contributed by atoms with van der Waals surface area (Å²) in [6, 6.07) is 14.8. The lowest BCUT2D eigenvalue weighted by Crippen LogP contribution is -2.18. The zero-order chi connectivity index (χ0) is 14.9. The molecule has 3 nitrogen and oxygen atoms in total. The number of benzene rings is 1. The molecule has 0 saturated carbocycles. The van der Waals surface area contributed by atoms with E-state index in [2.05, 4.69) is 46.7 Å². The van der Waals surface area contributed by atoms with Gasteiger partial charge in [0, 0.05) is 36.5 Å². The number of aromatic nitrogens is 1. The van der Waals surface area contributed by atoms with Crippen molar-refractivity contribution in [3.63, 3.8) is 0 Å². The van der Waals surface area contributed by atoms with Crippen molar-refractivity contribution in [2.75, 3.05) is 20.3 Å². The Bertz CT molecular complexity index is 560. The molecular formula is C17H22N2OS. The minimum atomic E-state index is 0.744. The van der Waals surface area contributed by atoms with E-state index >= 15 is 0 Å². The Hall–Kier alpha value is -1.36. The molecule has 21 heavy (non-hydrogen) atoms.